The Morgan fingerprint density at radius 1 is 1.78 bits per heavy atom. The van der Waals surface area contributed by atoms with Crippen LogP contribution in [-0.2, 0) is 6.42 Å². The molecule has 1 aromatic rings. The van der Waals surface area contributed by atoms with Gasteiger partial charge in [0, 0.05) is 11.3 Å². The predicted molar refractivity (Wildman–Crippen MR) is 42.8 cm³/mol. The quantitative estimate of drug-likeness (QED) is 0.551. The summed E-state index contributed by atoms with van der Waals surface area (Å²) in [4.78, 5) is 1.41. The van der Waals surface area contributed by atoms with Crippen LogP contribution in [0.25, 0.3) is 0 Å². The van der Waals surface area contributed by atoms with E-state index in [1.165, 1.54) is 10.5 Å². The van der Waals surface area contributed by atoms with Gasteiger partial charge in [-0.2, -0.15) is 0 Å². The molecular formula is C8H10S. The molecule has 0 nitrogen and oxygen atoms in total. The molecule has 0 radical (unpaired) electrons. The highest BCUT2D eigenvalue weighted by Gasteiger charge is 1.90. The van der Waals surface area contributed by atoms with Crippen LogP contribution < -0.4 is 0 Å². The lowest BCUT2D eigenvalue weighted by atomic mass is 10.2. The molecule has 1 heteroatoms. The summed E-state index contributed by atoms with van der Waals surface area (Å²) < 4.78 is 0. The summed E-state index contributed by atoms with van der Waals surface area (Å²) in [5.41, 5.74) is 1.23. The third-order valence-corrected chi connectivity index (χ3v) is 1.93. The van der Waals surface area contributed by atoms with Crippen molar-refractivity contribution in [3.8, 4) is 0 Å². The van der Waals surface area contributed by atoms with E-state index in [-0.39, 0.29) is 0 Å². The molecular weight excluding hydrogens is 128 g/mol. The molecule has 9 heavy (non-hydrogen) atoms. The van der Waals surface area contributed by atoms with E-state index in [1.54, 1.807) is 11.3 Å². The maximum atomic E-state index is 3.84. The van der Waals surface area contributed by atoms with Gasteiger partial charge in [-0.1, -0.05) is 18.2 Å². The molecule has 0 N–H and O–H groups in total. The van der Waals surface area contributed by atoms with E-state index in [0.29, 0.717) is 0 Å². The number of thiophene rings is 1. The summed E-state index contributed by atoms with van der Waals surface area (Å²) in [6, 6.07) is 4.21. The molecule has 0 saturated carbocycles. The Morgan fingerprint density at radius 2 is 2.56 bits per heavy atom. The monoisotopic (exact) mass is 138 g/mol. The van der Waals surface area contributed by atoms with E-state index in [1.807, 2.05) is 0 Å². The van der Waals surface area contributed by atoms with Crippen molar-refractivity contribution in [2.75, 3.05) is 0 Å². The van der Waals surface area contributed by atoms with Crippen LogP contribution in [0.4, 0.5) is 0 Å². The second-order valence-electron chi connectivity index (χ2n) is 2.21. The smallest absolute Gasteiger partial charge is 0.00854 e. The van der Waals surface area contributed by atoms with E-state index in [0.717, 1.165) is 6.42 Å². The molecule has 0 unspecified atom stereocenters. The first-order valence-corrected chi connectivity index (χ1v) is 3.84. The van der Waals surface area contributed by atoms with Gasteiger partial charge in [-0.25, -0.2) is 0 Å². The second kappa shape index (κ2) is 2.83. The Bertz CT molecular complexity index is 184. The van der Waals surface area contributed by atoms with E-state index < -0.39 is 0 Å². The van der Waals surface area contributed by atoms with Crippen LogP contribution in [0.3, 0.4) is 0 Å². The maximum Gasteiger partial charge on any atom is 0.00854 e. The highest BCUT2D eigenvalue weighted by atomic mass is 32.1. The van der Waals surface area contributed by atoms with Gasteiger partial charge >= 0.3 is 0 Å². The average Bonchev–Trinajstić information content (AvgIpc) is 2.15. The molecule has 0 saturated heterocycles. The lowest BCUT2D eigenvalue weighted by Gasteiger charge is -1.91. The fourth-order valence-corrected chi connectivity index (χ4v) is 1.53. The third-order valence-electron chi connectivity index (χ3n) is 1.06. The Morgan fingerprint density at radius 3 is 3.00 bits per heavy atom. The van der Waals surface area contributed by atoms with Gasteiger partial charge in [-0.3, -0.25) is 0 Å². The zero-order chi connectivity index (χ0) is 6.69. The van der Waals surface area contributed by atoms with Crippen molar-refractivity contribution in [2.45, 2.75) is 13.3 Å². The minimum Gasteiger partial charge on any atom is -0.149 e. The minimum atomic E-state index is 1.04. The van der Waals surface area contributed by atoms with Crippen molar-refractivity contribution < 1.29 is 0 Å². The van der Waals surface area contributed by atoms with Gasteiger partial charge in [0.05, 0.1) is 0 Å². The molecule has 48 valence electrons. The number of rotatable bonds is 2. The first-order chi connectivity index (χ1) is 4.29. The molecule has 0 aromatic carbocycles. The van der Waals surface area contributed by atoms with Crippen LogP contribution in [0.5, 0.6) is 0 Å². The van der Waals surface area contributed by atoms with Crippen molar-refractivity contribution in [3.63, 3.8) is 0 Å². The normalized spacial score (nSPS) is 9.44. The lowest BCUT2D eigenvalue weighted by Crippen LogP contribution is -1.77. The van der Waals surface area contributed by atoms with E-state index in [2.05, 4.69) is 31.0 Å². The van der Waals surface area contributed by atoms with Crippen LogP contribution in [-0.4, -0.2) is 0 Å². The van der Waals surface area contributed by atoms with E-state index >= 15 is 0 Å². The van der Waals surface area contributed by atoms with Crippen LogP contribution in [0.2, 0.25) is 0 Å². The Kier molecular flexibility index (Phi) is 2.06. The topological polar surface area (TPSA) is 0 Å². The molecule has 0 spiro atoms. The molecule has 1 aromatic heterocycles. The van der Waals surface area contributed by atoms with Crippen LogP contribution >= 0.6 is 11.3 Å². The Balaban J connectivity index is 2.58. The molecule has 0 fully saturated rings. The SMILES string of the molecule is C=C(C)Cc1cccs1. The zero-order valence-electron chi connectivity index (χ0n) is 5.55. The van der Waals surface area contributed by atoms with Gasteiger partial charge in [0.2, 0.25) is 0 Å². The molecule has 0 bridgehead atoms. The summed E-state index contributed by atoms with van der Waals surface area (Å²) in [7, 11) is 0. The molecule has 0 atom stereocenters. The predicted octanol–water partition coefficient (Wildman–Crippen LogP) is 2.87. The van der Waals surface area contributed by atoms with Gasteiger partial charge in [0.15, 0.2) is 0 Å². The number of hydrogen-bond donors (Lipinski definition) is 0. The second-order valence-corrected chi connectivity index (χ2v) is 3.25. The van der Waals surface area contributed by atoms with Crippen LogP contribution in [0.1, 0.15) is 11.8 Å². The summed E-state index contributed by atoms with van der Waals surface area (Å²) in [5, 5.41) is 2.10. The van der Waals surface area contributed by atoms with Crippen LogP contribution in [0, 0.1) is 0 Å². The van der Waals surface area contributed by atoms with Gasteiger partial charge in [0.25, 0.3) is 0 Å². The van der Waals surface area contributed by atoms with E-state index in [4.69, 9.17) is 0 Å². The summed E-state index contributed by atoms with van der Waals surface area (Å²) in [6.07, 6.45) is 1.04. The Labute approximate surface area is 59.8 Å². The molecule has 1 rings (SSSR count). The first kappa shape index (κ1) is 6.56. The highest BCUT2D eigenvalue weighted by molar-refractivity contribution is 7.09. The molecule has 0 aliphatic carbocycles. The van der Waals surface area contributed by atoms with Crippen molar-refractivity contribution in [3.05, 3.63) is 34.5 Å². The maximum absolute atomic E-state index is 3.84. The Hall–Kier alpha value is -0.560. The average molecular weight is 138 g/mol. The highest BCUT2D eigenvalue weighted by Crippen LogP contribution is 2.11. The zero-order valence-corrected chi connectivity index (χ0v) is 6.37. The van der Waals surface area contributed by atoms with Gasteiger partial charge in [-0.05, 0) is 18.4 Å². The number of hydrogen-bond acceptors (Lipinski definition) is 1. The minimum absolute atomic E-state index is 1.04. The first-order valence-electron chi connectivity index (χ1n) is 2.96. The summed E-state index contributed by atoms with van der Waals surface area (Å²) in [6.45, 7) is 5.89. The van der Waals surface area contributed by atoms with Crippen LogP contribution in [0.15, 0.2) is 29.7 Å². The fourth-order valence-electron chi connectivity index (χ4n) is 0.711. The molecule has 0 aliphatic rings. The molecule has 1 heterocycles. The van der Waals surface area contributed by atoms with Crippen molar-refractivity contribution in [1.82, 2.24) is 0 Å². The fraction of sp³-hybridized carbons (Fsp3) is 0.250. The van der Waals surface area contributed by atoms with Gasteiger partial charge in [-0.15, -0.1) is 11.3 Å². The van der Waals surface area contributed by atoms with Crippen molar-refractivity contribution in [2.24, 2.45) is 0 Å². The van der Waals surface area contributed by atoms with Crippen molar-refractivity contribution >= 4 is 11.3 Å². The van der Waals surface area contributed by atoms with Crippen molar-refractivity contribution in [1.29, 1.82) is 0 Å². The number of allylic oxidation sites excluding steroid dienone is 1. The molecule has 0 amide bonds. The van der Waals surface area contributed by atoms with Gasteiger partial charge in [0.1, 0.15) is 0 Å². The van der Waals surface area contributed by atoms with E-state index in [9.17, 15) is 0 Å². The molecule has 0 aliphatic heterocycles. The third kappa shape index (κ3) is 2.02. The summed E-state index contributed by atoms with van der Waals surface area (Å²) >= 11 is 1.79. The standard InChI is InChI=1S/C8H10S/c1-7(2)6-8-4-3-5-9-8/h3-5H,1,6H2,2H3. The largest absolute Gasteiger partial charge is 0.149 e. The lowest BCUT2D eigenvalue weighted by molar-refractivity contribution is 1.20. The van der Waals surface area contributed by atoms with Gasteiger partial charge < -0.3 is 0 Å². The summed E-state index contributed by atoms with van der Waals surface area (Å²) in [5.74, 6) is 0.